The Morgan fingerprint density at radius 2 is 2.21 bits per heavy atom. The lowest BCUT2D eigenvalue weighted by molar-refractivity contribution is -0.120. The number of halogens is 1. The Hall–Kier alpha value is -1.35. The van der Waals surface area contributed by atoms with Crippen molar-refractivity contribution in [3.8, 4) is 5.75 Å². The summed E-state index contributed by atoms with van der Waals surface area (Å²) in [7, 11) is -3.81. The van der Waals surface area contributed by atoms with Gasteiger partial charge in [0, 0.05) is 24.2 Å². The van der Waals surface area contributed by atoms with Crippen molar-refractivity contribution >= 4 is 27.5 Å². The van der Waals surface area contributed by atoms with E-state index in [1.54, 1.807) is 0 Å². The molecule has 0 bridgehead atoms. The van der Waals surface area contributed by atoms with Crippen LogP contribution < -0.4 is 16.2 Å². The van der Waals surface area contributed by atoms with E-state index in [2.05, 4.69) is 0 Å². The van der Waals surface area contributed by atoms with Crippen LogP contribution in [0.3, 0.4) is 0 Å². The molecule has 1 amide bonds. The van der Waals surface area contributed by atoms with E-state index in [-0.39, 0.29) is 27.6 Å². The third-order valence-electron chi connectivity index (χ3n) is 4.06. The second-order valence-corrected chi connectivity index (χ2v) is 8.31. The highest BCUT2D eigenvalue weighted by molar-refractivity contribution is 7.89. The van der Waals surface area contributed by atoms with Gasteiger partial charge in [-0.15, -0.1) is 0 Å². The quantitative estimate of drug-likeness (QED) is 0.768. The van der Waals surface area contributed by atoms with Crippen molar-refractivity contribution in [3.05, 3.63) is 23.2 Å². The molecule has 0 aromatic heterocycles. The maximum absolute atomic E-state index is 13.0. The van der Waals surface area contributed by atoms with Gasteiger partial charge in [-0.05, 0) is 43.9 Å². The summed E-state index contributed by atoms with van der Waals surface area (Å²) in [5.41, 5.74) is 11.0. The van der Waals surface area contributed by atoms with Crippen LogP contribution in [0, 0.1) is 5.92 Å². The van der Waals surface area contributed by atoms with Gasteiger partial charge in [-0.3, -0.25) is 4.79 Å². The van der Waals surface area contributed by atoms with Crippen LogP contribution in [0.1, 0.15) is 19.8 Å². The molecular formula is C15H22ClN3O4S. The smallest absolute Gasteiger partial charge is 0.255 e. The predicted octanol–water partition coefficient (Wildman–Crippen LogP) is 0.952. The number of hydrogen-bond acceptors (Lipinski definition) is 5. The summed E-state index contributed by atoms with van der Waals surface area (Å²) in [5.74, 6) is -0.535. The number of nitrogens with two attached hydrogens (primary N) is 2. The Labute approximate surface area is 146 Å². The van der Waals surface area contributed by atoms with Gasteiger partial charge in [-0.2, -0.15) is 4.31 Å². The summed E-state index contributed by atoms with van der Waals surface area (Å²) in [5, 5.41) is 0.265. The number of benzene rings is 1. The van der Waals surface area contributed by atoms with Crippen LogP contribution in [0.2, 0.25) is 5.02 Å². The van der Waals surface area contributed by atoms with Crippen molar-refractivity contribution < 1.29 is 17.9 Å². The number of rotatable bonds is 6. The van der Waals surface area contributed by atoms with Gasteiger partial charge in [0.1, 0.15) is 10.6 Å². The van der Waals surface area contributed by atoms with Crippen LogP contribution in [0.15, 0.2) is 23.1 Å². The largest absolute Gasteiger partial charge is 0.482 e. The lowest BCUT2D eigenvalue weighted by Crippen LogP contribution is -2.45. The van der Waals surface area contributed by atoms with Crippen molar-refractivity contribution in [2.75, 3.05) is 19.7 Å². The van der Waals surface area contributed by atoms with Gasteiger partial charge in [0.25, 0.3) is 5.91 Å². The van der Waals surface area contributed by atoms with Crippen LogP contribution in [-0.2, 0) is 14.8 Å². The summed E-state index contributed by atoms with van der Waals surface area (Å²) in [6.45, 7) is 2.23. The molecule has 0 spiro atoms. The third-order valence-corrected chi connectivity index (χ3v) is 6.18. The second kappa shape index (κ2) is 7.69. The average molecular weight is 376 g/mol. The first-order valence-electron chi connectivity index (χ1n) is 7.68. The van der Waals surface area contributed by atoms with E-state index in [4.69, 9.17) is 27.8 Å². The van der Waals surface area contributed by atoms with E-state index in [0.29, 0.717) is 13.1 Å². The van der Waals surface area contributed by atoms with E-state index in [1.165, 1.54) is 22.5 Å². The van der Waals surface area contributed by atoms with Crippen molar-refractivity contribution in [2.24, 2.45) is 17.4 Å². The number of piperidine rings is 1. The molecule has 1 aliphatic rings. The zero-order chi connectivity index (χ0) is 17.9. The van der Waals surface area contributed by atoms with Gasteiger partial charge in [-0.1, -0.05) is 11.6 Å². The molecule has 134 valence electrons. The first-order valence-corrected chi connectivity index (χ1v) is 9.50. The molecule has 1 aromatic carbocycles. The first kappa shape index (κ1) is 19.0. The van der Waals surface area contributed by atoms with Gasteiger partial charge in [0.15, 0.2) is 6.61 Å². The Morgan fingerprint density at radius 1 is 1.50 bits per heavy atom. The van der Waals surface area contributed by atoms with Crippen LogP contribution in [0.5, 0.6) is 5.75 Å². The normalized spacial score (nSPS) is 20.5. The Balaban J connectivity index is 2.34. The van der Waals surface area contributed by atoms with Crippen LogP contribution in [-0.4, -0.2) is 44.4 Å². The van der Waals surface area contributed by atoms with Gasteiger partial charge in [-0.25, -0.2) is 8.42 Å². The van der Waals surface area contributed by atoms with Crippen LogP contribution >= 0.6 is 11.6 Å². The molecule has 2 rings (SSSR count). The summed E-state index contributed by atoms with van der Waals surface area (Å²) in [6.07, 6.45) is 1.63. The molecule has 2 atom stereocenters. The number of carbonyl (C=O) groups excluding carboxylic acids is 1. The van der Waals surface area contributed by atoms with Gasteiger partial charge in [0.2, 0.25) is 10.0 Å². The highest BCUT2D eigenvalue weighted by Gasteiger charge is 2.33. The molecule has 0 radical (unpaired) electrons. The molecule has 9 heteroatoms. The maximum atomic E-state index is 13.0. The number of hydrogen-bond donors (Lipinski definition) is 2. The third kappa shape index (κ3) is 4.38. The SMILES string of the molecule is CC(N)C1CCCN(S(=O)(=O)c2cc(Cl)ccc2OCC(N)=O)C1. The molecule has 1 aromatic rings. The minimum Gasteiger partial charge on any atom is -0.482 e. The van der Waals surface area contributed by atoms with Crippen molar-refractivity contribution in [2.45, 2.75) is 30.7 Å². The molecule has 2 unspecified atom stereocenters. The topological polar surface area (TPSA) is 116 Å². The van der Waals surface area contributed by atoms with Gasteiger partial charge >= 0.3 is 0 Å². The molecule has 1 aliphatic heterocycles. The Morgan fingerprint density at radius 3 is 2.83 bits per heavy atom. The lowest BCUT2D eigenvalue weighted by Gasteiger charge is -2.34. The molecule has 24 heavy (non-hydrogen) atoms. The van der Waals surface area contributed by atoms with E-state index < -0.39 is 22.5 Å². The van der Waals surface area contributed by atoms with Gasteiger partial charge < -0.3 is 16.2 Å². The monoisotopic (exact) mass is 375 g/mol. The fraction of sp³-hybridized carbons (Fsp3) is 0.533. The van der Waals surface area contributed by atoms with Crippen molar-refractivity contribution in [1.82, 2.24) is 4.31 Å². The Bertz CT molecular complexity index is 709. The standard InChI is InChI=1S/C15H22ClN3O4S/c1-10(17)11-3-2-6-19(8-11)24(21,22)14-7-12(16)4-5-13(14)23-9-15(18)20/h4-5,7,10-11H,2-3,6,8-9,17H2,1H3,(H2,18,20). The lowest BCUT2D eigenvalue weighted by atomic mass is 9.93. The fourth-order valence-corrected chi connectivity index (χ4v) is 4.64. The zero-order valence-corrected chi connectivity index (χ0v) is 15.0. The minimum atomic E-state index is -3.81. The number of nitrogens with zero attached hydrogens (tertiary/aromatic N) is 1. The molecule has 1 heterocycles. The fourth-order valence-electron chi connectivity index (χ4n) is 2.71. The average Bonchev–Trinajstić information content (AvgIpc) is 2.53. The summed E-state index contributed by atoms with van der Waals surface area (Å²) in [6, 6.07) is 4.15. The number of ether oxygens (including phenoxy) is 1. The number of sulfonamides is 1. The number of carbonyl (C=O) groups is 1. The second-order valence-electron chi connectivity index (χ2n) is 5.97. The molecule has 1 fully saturated rings. The van der Waals surface area contributed by atoms with Gasteiger partial charge in [0.05, 0.1) is 0 Å². The molecular weight excluding hydrogens is 354 g/mol. The number of amides is 1. The van der Waals surface area contributed by atoms with E-state index >= 15 is 0 Å². The number of primary amides is 1. The van der Waals surface area contributed by atoms with Crippen LogP contribution in [0.4, 0.5) is 0 Å². The Kier molecular flexibility index (Phi) is 6.08. The molecule has 0 aliphatic carbocycles. The summed E-state index contributed by atoms with van der Waals surface area (Å²) >= 11 is 5.95. The van der Waals surface area contributed by atoms with Crippen molar-refractivity contribution in [3.63, 3.8) is 0 Å². The molecule has 7 nitrogen and oxygen atoms in total. The molecule has 4 N–H and O–H groups in total. The highest BCUT2D eigenvalue weighted by atomic mass is 35.5. The van der Waals surface area contributed by atoms with E-state index in [9.17, 15) is 13.2 Å². The first-order chi connectivity index (χ1) is 11.2. The molecule has 0 saturated carbocycles. The van der Waals surface area contributed by atoms with Crippen molar-refractivity contribution in [1.29, 1.82) is 0 Å². The minimum absolute atomic E-state index is 0.0566. The van der Waals surface area contributed by atoms with E-state index in [1.807, 2.05) is 6.92 Å². The zero-order valence-electron chi connectivity index (χ0n) is 13.4. The predicted molar refractivity (Wildman–Crippen MR) is 91.3 cm³/mol. The van der Waals surface area contributed by atoms with Crippen LogP contribution in [0.25, 0.3) is 0 Å². The molecule has 1 saturated heterocycles. The highest BCUT2D eigenvalue weighted by Crippen LogP contribution is 2.32. The van der Waals surface area contributed by atoms with E-state index in [0.717, 1.165) is 12.8 Å². The maximum Gasteiger partial charge on any atom is 0.255 e. The summed E-state index contributed by atoms with van der Waals surface area (Å²) < 4.78 is 32.6. The summed E-state index contributed by atoms with van der Waals surface area (Å²) in [4.78, 5) is 10.8.